The van der Waals surface area contributed by atoms with Gasteiger partial charge in [-0.2, -0.15) is 10.4 Å². The molecule has 3 aromatic heterocycles. The summed E-state index contributed by atoms with van der Waals surface area (Å²) in [5.74, 6) is 0.182. The fourth-order valence-corrected chi connectivity index (χ4v) is 3.93. The zero-order chi connectivity index (χ0) is 18.3. The van der Waals surface area contributed by atoms with Crippen molar-refractivity contribution >= 4 is 21.4 Å². The molecule has 1 aliphatic carbocycles. The second kappa shape index (κ2) is 5.96. The van der Waals surface area contributed by atoms with Crippen molar-refractivity contribution in [1.82, 2.24) is 19.6 Å². The lowest BCUT2D eigenvalue weighted by molar-refractivity contribution is 0.400. The Morgan fingerprint density at radius 1 is 1.38 bits per heavy atom. The summed E-state index contributed by atoms with van der Waals surface area (Å²) >= 11 is 0. The maximum atomic E-state index is 12.2. The Bertz CT molecular complexity index is 1140. The van der Waals surface area contributed by atoms with E-state index in [1.54, 1.807) is 18.3 Å². The summed E-state index contributed by atoms with van der Waals surface area (Å²) in [7, 11) is -2.03. The lowest BCUT2D eigenvalue weighted by Gasteiger charge is -2.12. The molecule has 3 aromatic rings. The Hall–Kier alpha value is -3.19. The van der Waals surface area contributed by atoms with E-state index in [1.165, 1.54) is 24.0 Å². The van der Waals surface area contributed by atoms with Gasteiger partial charge in [-0.15, -0.1) is 0 Å². The van der Waals surface area contributed by atoms with Crippen molar-refractivity contribution in [3.63, 3.8) is 0 Å². The molecular weight excluding hydrogens is 356 g/mol. The molecule has 1 N–H and O–H groups in total. The quantitative estimate of drug-likeness (QED) is 0.723. The van der Waals surface area contributed by atoms with Gasteiger partial charge >= 0.3 is 0 Å². The molecule has 26 heavy (non-hydrogen) atoms. The van der Waals surface area contributed by atoms with E-state index < -0.39 is 10.0 Å². The van der Waals surface area contributed by atoms with Crippen molar-refractivity contribution in [3.8, 4) is 23.2 Å². The minimum atomic E-state index is -3.46. The largest absolute Gasteiger partial charge is 0.480 e. The van der Waals surface area contributed by atoms with E-state index in [0.717, 1.165) is 0 Å². The summed E-state index contributed by atoms with van der Waals surface area (Å²) in [4.78, 5) is 8.61. The van der Waals surface area contributed by atoms with Crippen LogP contribution in [0, 0.1) is 11.3 Å². The number of fused-ring (bicyclic) bond motifs is 1. The van der Waals surface area contributed by atoms with Crippen molar-refractivity contribution in [2.75, 3.05) is 11.8 Å². The van der Waals surface area contributed by atoms with Crippen LogP contribution in [0.3, 0.4) is 0 Å². The number of sulfonamides is 1. The third-order valence-corrected chi connectivity index (χ3v) is 5.90. The first-order valence-electron chi connectivity index (χ1n) is 7.82. The molecule has 0 amide bonds. The van der Waals surface area contributed by atoms with Crippen molar-refractivity contribution < 1.29 is 13.2 Å². The summed E-state index contributed by atoms with van der Waals surface area (Å²) < 4.78 is 33.7. The predicted molar refractivity (Wildman–Crippen MR) is 93.0 cm³/mol. The minimum absolute atomic E-state index is 0.182. The molecular formula is C16H14N6O3S. The second-order valence-electron chi connectivity index (χ2n) is 5.88. The van der Waals surface area contributed by atoms with Crippen LogP contribution in [0.15, 0.2) is 30.7 Å². The number of nitriles is 1. The molecule has 10 heteroatoms. The number of methoxy groups -OCH3 is 1. The van der Waals surface area contributed by atoms with E-state index in [2.05, 4.69) is 19.8 Å². The second-order valence-corrected chi connectivity index (χ2v) is 7.84. The Morgan fingerprint density at radius 3 is 2.88 bits per heavy atom. The van der Waals surface area contributed by atoms with Gasteiger partial charge in [-0.05, 0) is 25.0 Å². The predicted octanol–water partition coefficient (Wildman–Crippen LogP) is 1.58. The van der Waals surface area contributed by atoms with Gasteiger partial charge in [-0.1, -0.05) is 0 Å². The maximum absolute atomic E-state index is 12.2. The van der Waals surface area contributed by atoms with Crippen LogP contribution < -0.4 is 9.46 Å². The summed E-state index contributed by atoms with van der Waals surface area (Å²) in [6.07, 6.45) is 5.96. The molecule has 1 aliphatic rings. The number of anilines is 1. The smallest absolute Gasteiger partial charge is 0.238 e. The minimum Gasteiger partial charge on any atom is -0.480 e. The van der Waals surface area contributed by atoms with Gasteiger partial charge in [0.1, 0.15) is 17.3 Å². The lowest BCUT2D eigenvalue weighted by Crippen LogP contribution is -2.18. The molecule has 9 nitrogen and oxygen atoms in total. The van der Waals surface area contributed by atoms with Crippen molar-refractivity contribution in [2.24, 2.45) is 0 Å². The van der Waals surface area contributed by atoms with E-state index in [1.807, 2.05) is 6.07 Å². The van der Waals surface area contributed by atoms with E-state index >= 15 is 0 Å². The molecule has 0 bridgehead atoms. The molecule has 0 saturated heterocycles. The highest BCUT2D eigenvalue weighted by Gasteiger charge is 2.36. The Labute approximate surface area is 149 Å². The normalized spacial score (nSPS) is 14.2. The molecule has 0 aliphatic heterocycles. The molecule has 0 radical (unpaired) electrons. The molecule has 0 unspecified atom stereocenters. The van der Waals surface area contributed by atoms with Gasteiger partial charge in [0.05, 0.1) is 24.3 Å². The molecule has 4 rings (SSSR count). The standard InChI is InChI=1S/C16H14N6O3S/c1-25-16-14(21-26(23,24)12-2-3-12)6-10(8-18-16)13-4-5-22-15(20-13)11(7-17)9-19-22/h4-6,8-9,12,21H,2-3H2,1H3. The number of pyridine rings is 1. The van der Waals surface area contributed by atoms with Gasteiger partial charge in [0.2, 0.25) is 15.9 Å². The van der Waals surface area contributed by atoms with Gasteiger partial charge in [0.25, 0.3) is 0 Å². The van der Waals surface area contributed by atoms with Crippen molar-refractivity contribution in [1.29, 1.82) is 5.26 Å². The summed E-state index contributed by atoms with van der Waals surface area (Å²) in [5, 5.41) is 12.8. The monoisotopic (exact) mass is 370 g/mol. The molecule has 3 heterocycles. The number of rotatable bonds is 5. The maximum Gasteiger partial charge on any atom is 0.238 e. The molecule has 1 fully saturated rings. The number of nitrogens with zero attached hydrogens (tertiary/aromatic N) is 5. The molecule has 0 atom stereocenters. The fourth-order valence-electron chi connectivity index (χ4n) is 2.55. The van der Waals surface area contributed by atoms with E-state index in [4.69, 9.17) is 10.00 Å². The Balaban J connectivity index is 1.77. The third-order valence-electron chi connectivity index (χ3n) is 4.05. The van der Waals surface area contributed by atoms with Crippen LogP contribution in [-0.4, -0.2) is 40.4 Å². The lowest BCUT2D eigenvalue weighted by atomic mass is 10.2. The SMILES string of the molecule is COc1ncc(-c2ccn3ncc(C#N)c3n2)cc1NS(=O)(=O)C1CC1. The zero-order valence-corrected chi connectivity index (χ0v) is 14.6. The average Bonchev–Trinajstić information content (AvgIpc) is 3.42. The molecule has 1 saturated carbocycles. The van der Waals surface area contributed by atoms with Crippen LogP contribution in [0.25, 0.3) is 16.9 Å². The molecule has 132 valence electrons. The van der Waals surface area contributed by atoms with Gasteiger partial charge in [0.15, 0.2) is 5.65 Å². The number of hydrogen-bond acceptors (Lipinski definition) is 7. The number of hydrogen-bond donors (Lipinski definition) is 1. The van der Waals surface area contributed by atoms with E-state index in [9.17, 15) is 8.42 Å². The topological polar surface area (TPSA) is 122 Å². The first kappa shape index (κ1) is 16.3. The number of aromatic nitrogens is 4. The highest BCUT2D eigenvalue weighted by atomic mass is 32.2. The highest BCUT2D eigenvalue weighted by Crippen LogP contribution is 2.33. The van der Waals surface area contributed by atoms with Crippen LogP contribution in [0.2, 0.25) is 0 Å². The number of ether oxygens (including phenoxy) is 1. The van der Waals surface area contributed by atoms with Crippen molar-refractivity contribution in [3.05, 3.63) is 36.3 Å². The van der Waals surface area contributed by atoms with Crippen LogP contribution in [-0.2, 0) is 10.0 Å². The van der Waals surface area contributed by atoms with Gasteiger partial charge in [-0.25, -0.2) is 22.9 Å². The zero-order valence-electron chi connectivity index (χ0n) is 13.7. The van der Waals surface area contributed by atoms with E-state index in [0.29, 0.717) is 35.3 Å². The summed E-state index contributed by atoms with van der Waals surface area (Å²) in [6, 6.07) is 5.37. The van der Waals surface area contributed by atoms with Crippen LogP contribution >= 0.6 is 0 Å². The van der Waals surface area contributed by atoms with E-state index in [-0.39, 0.29) is 16.8 Å². The van der Waals surface area contributed by atoms with Crippen LogP contribution in [0.5, 0.6) is 5.88 Å². The van der Waals surface area contributed by atoms with Gasteiger partial charge in [-0.3, -0.25) is 4.72 Å². The summed E-state index contributed by atoms with van der Waals surface area (Å²) in [5.41, 5.74) is 2.15. The molecule has 0 spiro atoms. The van der Waals surface area contributed by atoms with Crippen LogP contribution in [0.4, 0.5) is 5.69 Å². The molecule has 0 aromatic carbocycles. The van der Waals surface area contributed by atoms with Gasteiger partial charge in [0, 0.05) is 18.0 Å². The van der Waals surface area contributed by atoms with Crippen LogP contribution in [0.1, 0.15) is 18.4 Å². The van der Waals surface area contributed by atoms with Crippen molar-refractivity contribution in [2.45, 2.75) is 18.1 Å². The average molecular weight is 370 g/mol. The first-order chi connectivity index (χ1) is 12.5. The fraction of sp³-hybridized carbons (Fsp3) is 0.250. The summed E-state index contributed by atoms with van der Waals surface area (Å²) in [6.45, 7) is 0. The third kappa shape index (κ3) is 2.82. The number of nitrogens with one attached hydrogen (secondary N) is 1. The highest BCUT2D eigenvalue weighted by molar-refractivity contribution is 7.93. The first-order valence-corrected chi connectivity index (χ1v) is 9.37. The Kier molecular flexibility index (Phi) is 3.73. The van der Waals surface area contributed by atoms with Gasteiger partial charge < -0.3 is 4.74 Å². The Morgan fingerprint density at radius 2 is 2.19 bits per heavy atom.